The first-order valence-corrected chi connectivity index (χ1v) is 9.33. The van der Waals surface area contributed by atoms with Crippen LogP contribution in [0.3, 0.4) is 0 Å². The van der Waals surface area contributed by atoms with Crippen molar-refractivity contribution in [1.82, 2.24) is 24.6 Å². The van der Waals surface area contributed by atoms with Gasteiger partial charge in [-0.1, -0.05) is 0 Å². The Bertz CT molecular complexity index is 810. The van der Waals surface area contributed by atoms with Gasteiger partial charge in [0.1, 0.15) is 12.1 Å². The molecule has 0 atom stereocenters. The Morgan fingerprint density at radius 1 is 1.38 bits per heavy atom. The molecule has 2 fully saturated rings. The van der Waals surface area contributed by atoms with Crippen molar-refractivity contribution in [2.45, 2.75) is 45.7 Å². The lowest BCUT2D eigenvalue weighted by molar-refractivity contribution is 0.0698. The van der Waals surface area contributed by atoms with Crippen molar-refractivity contribution in [3.8, 4) is 0 Å². The standard InChI is InChI=1S/C19H26N6O/c1-4-25-11-15(10-22-25)18(26)24-6-5-19(12-24)8-16(9-19)23(3)17-7-14(2)20-13-21-17/h7,10-11,13,16H,4-6,8-9,12H2,1-3H3. The van der Waals surface area contributed by atoms with Gasteiger partial charge < -0.3 is 9.80 Å². The van der Waals surface area contributed by atoms with Gasteiger partial charge in [-0.05, 0) is 38.5 Å². The molecule has 26 heavy (non-hydrogen) atoms. The first kappa shape index (κ1) is 17.0. The molecule has 3 heterocycles. The van der Waals surface area contributed by atoms with Crippen LogP contribution in [0.1, 0.15) is 42.2 Å². The van der Waals surface area contributed by atoms with Gasteiger partial charge in [-0.2, -0.15) is 5.10 Å². The normalized spacial score (nSPS) is 24.7. The van der Waals surface area contributed by atoms with Crippen molar-refractivity contribution in [2.24, 2.45) is 5.41 Å². The second kappa shape index (κ2) is 6.37. The van der Waals surface area contributed by atoms with Gasteiger partial charge in [0, 0.05) is 50.7 Å². The molecule has 0 aromatic carbocycles. The lowest BCUT2D eigenvalue weighted by Crippen LogP contribution is -2.51. The molecule has 1 spiro atoms. The Kier molecular flexibility index (Phi) is 4.17. The molecule has 0 bridgehead atoms. The van der Waals surface area contributed by atoms with E-state index >= 15 is 0 Å². The molecular formula is C19H26N6O. The number of rotatable bonds is 4. The fourth-order valence-electron chi connectivity index (χ4n) is 4.31. The average Bonchev–Trinajstić information content (AvgIpc) is 3.26. The molecule has 2 aliphatic rings. The van der Waals surface area contributed by atoms with E-state index in [0.717, 1.165) is 50.4 Å². The van der Waals surface area contributed by atoms with E-state index in [1.165, 1.54) is 0 Å². The van der Waals surface area contributed by atoms with Crippen LogP contribution < -0.4 is 4.90 Å². The number of aromatic nitrogens is 4. The molecule has 0 unspecified atom stereocenters. The smallest absolute Gasteiger partial charge is 0.257 e. The highest BCUT2D eigenvalue weighted by atomic mass is 16.2. The van der Waals surface area contributed by atoms with Crippen molar-refractivity contribution in [1.29, 1.82) is 0 Å². The van der Waals surface area contributed by atoms with Crippen molar-refractivity contribution >= 4 is 11.7 Å². The molecule has 2 aromatic rings. The van der Waals surface area contributed by atoms with Crippen LogP contribution >= 0.6 is 0 Å². The fourth-order valence-corrected chi connectivity index (χ4v) is 4.31. The van der Waals surface area contributed by atoms with Gasteiger partial charge in [-0.25, -0.2) is 9.97 Å². The van der Waals surface area contributed by atoms with Crippen LogP contribution in [0.15, 0.2) is 24.8 Å². The van der Waals surface area contributed by atoms with Gasteiger partial charge in [0.25, 0.3) is 5.91 Å². The molecule has 4 rings (SSSR count). The zero-order chi connectivity index (χ0) is 18.3. The highest BCUT2D eigenvalue weighted by Crippen LogP contribution is 2.50. The van der Waals surface area contributed by atoms with Crippen molar-refractivity contribution in [3.05, 3.63) is 36.0 Å². The van der Waals surface area contributed by atoms with Crippen molar-refractivity contribution in [3.63, 3.8) is 0 Å². The zero-order valence-corrected chi connectivity index (χ0v) is 15.7. The summed E-state index contributed by atoms with van der Waals surface area (Å²) in [5, 5.41) is 4.22. The number of amides is 1. The first-order chi connectivity index (χ1) is 12.5. The second-order valence-electron chi connectivity index (χ2n) is 7.75. The second-order valence-corrected chi connectivity index (χ2v) is 7.75. The minimum absolute atomic E-state index is 0.116. The quantitative estimate of drug-likeness (QED) is 0.841. The van der Waals surface area contributed by atoms with E-state index in [0.29, 0.717) is 11.6 Å². The average molecular weight is 354 g/mol. The summed E-state index contributed by atoms with van der Waals surface area (Å²) in [6.45, 7) is 6.50. The van der Waals surface area contributed by atoms with Gasteiger partial charge in [-0.15, -0.1) is 0 Å². The molecule has 0 radical (unpaired) electrons. The molecule has 1 aliphatic heterocycles. The van der Waals surface area contributed by atoms with Gasteiger partial charge >= 0.3 is 0 Å². The summed E-state index contributed by atoms with van der Waals surface area (Å²) in [6, 6.07) is 2.52. The molecule has 1 amide bonds. The summed E-state index contributed by atoms with van der Waals surface area (Å²) in [5.74, 6) is 1.10. The van der Waals surface area contributed by atoms with Crippen LogP contribution in [0, 0.1) is 12.3 Å². The number of hydrogen-bond donors (Lipinski definition) is 0. The van der Waals surface area contributed by atoms with Gasteiger partial charge in [0.2, 0.25) is 0 Å². The maximum Gasteiger partial charge on any atom is 0.257 e. The van der Waals surface area contributed by atoms with E-state index in [-0.39, 0.29) is 11.3 Å². The minimum Gasteiger partial charge on any atom is -0.357 e. The van der Waals surface area contributed by atoms with Crippen molar-refractivity contribution in [2.75, 3.05) is 25.0 Å². The molecule has 1 aliphatic carbocycles. The van der Waals surface area contributed by atoms with E-state index in [1.54, 1.807) is 17.2 Å². The highest BCUT2D eigenvalue weighted by molar-refractivity contribution is 5.94. The van der Waals surface area contributed by atoms with Crippen LogP contribution in [0.2, 0.25) is 0 Å². The van der Waals surface area contributed by atoms with E-state index in [9.17, 15) is 4.79 Å². The number of hydrogen-bond acceptors (Lipinski definition) is 5. The first-order valence-electron chi connectivity index (χ1n) is 9.33. The lowest BCUT2D eigenvalue weighted by Gasteiger charge is -2.49. The van der Waals surface area contributed by atoms with Crippen LogP contribution in [0.4, 0.5) is 5.82 Å². The summed E-state index contributed by atoms with van der Waals surface area (Å²) < 4.78 is 1.80. The van der Waals surface area contributed by atoms with E-state index < -0.39 is 0 Å². The number of anilines is 1. The third kappa shape index (κ3) is 2.95. The Morgan fingerprint density at radius 2 is 2.19 bits per heavy atom. The number of likely N-dealkylation sites (tertiary alicyclic amines) is 1. The van der Waals surface area contributed by atoms with Crippen molar-refractivity contribution < 1.29 is 4.79 Å². The summed E-state index contributed by atoms with van der Waals surface area (Å²) in [4.78, 5) is 25.6. The summed E-state index contributed by atoms with van der Waals surface area (Å²) in [6.07, 6.45) is 8.48. The summed E-state index contributed by atoms with van der Waals surface area (Å²) in [5.41, 5.74) is 1.96. The number of nitrogens with zero attached hydrogens (tertiary/aromatic N) is 6. The molecule has 138 valence electrons. The molecule has 7 nitrogen and oxygen atoms in total. The third-order valence-electron chi connectivity index (χ3n) is 5.97. The predicted molar refractivity (Wildman–Crippen MR) is 99.0 cm³/mol. The number of carbonyl (C=O) groups is 1. The monoisotopic (exact) mass is 354 g/mol. The van der Waals surface area contributed by atoms with Crippen LogP contribution in [-0.2, 0) is 6.54 Å². The lowest BCUT2D eigenvalue weighted by atomic mass is 9.64. The Balaban J connectivity index is 1.37. The van der Waals surface area contributed by atoms with Gasteiger partial charge in [-0.3, -0.25) is 9.48 Å². The number of carbonyl (C=O) groups excluding carboxylic acids is 1. The van der Waals surface area contributed by atoms with Crippen LogP contribution in [0.25, 0.3) is 0 Å². The maximum absolute atomic E-state index is 12.7. The van der Waals surface area contributed by atoms with E-state index in [2.05, 4.69) is 27.0 Å². The topological polar surface area (TPSA) is 67.2 Å². The van der Waals surface area contributed by atoms with Gasteiger partial charge in [0.15, 0.2) is 0 Å². The predicted octanol–water partition coefficient (Wildman–Crippen LogP) is 2.13. The van der Waals surface area contributed by atoms with Crippen LogP contribution in [0.5, 0.6) is 0 Å². The Labute approximate surface area is 154 Å². The zero-order valence-electron chi connectivity index (χ0n) is 15.7. The van der Waals surface area contributed by atoms with E-state index in [1.807, 2.05) is 31.0 Å². The van der Waals surface area contributed by atoms with E-state index in [4.69, 9.17) is 0 Å². The summed E-state index contributed by atoms with van der Waals surface area (Å²) in [7, 11) is 2.11. The molecule has 7 heteroatoms. The molecular weight excluding hydrogens is 328 g/mol. The largest absolute Gasteiger partial charge is 0.357 e. The molecule has 2 aromatic heterocycles. The van der Waals surface area contributed by atoms with Crippen LogP contribution in [-0.4, -0.2) is 56.7 Å². The molecule has 0 N–H and O–H groups in total. The maximum atomic E-state index is 12.7. The Hall–Kier alpha value is -2.44. The number of aryl methyl sites for hydroxylation is 2. The Morgan fingerprint density at radius 3 is 2.88 bits per heavy atom. The fraction of sp³-hybridized carbons (Fsp3) is 0.579. The van der Waals surface area contributed by atoms with Gasteiger partial charge in [0.05, 0.1) is 11.8 Å². The minimum atomic E-state index is 0.116. The molecule has 1 saturated carbocycles. The summed E-state index contributed by atoms with van der Waals surface area (Å²) >= 11 is 0. The molecule has 1 saturated heterocycles. The third-order valence-corrected chi connectivity index (χ3v) is 5.97. The SMILES string of the molecule is CCn1cc(C(=O)N2CCC3(CC(N(C)c4cc(C)ncn4)C3)C2)cn1. The highest BCUT2D eigenvalue weighted by Gasteiger charge is 2.50.